The van der Waals surface area contributed by atoms with Gasteiger partial charge in [-0.25, -0.2) is 8.42 Å². The van der Waals surface area contributed by atoms with E-state index >= 15 is 0 Å². The maximum Gasteiger partial charge on any atom is 0.264 e. The first kappa shape index (κ1) is 20.7. The molecule has 0 radical (unpaired) electrons. The maximum absolute atomic E-state index is 13.8. The summed E-state index contributed by atoms with van der Waals surface area (Å²) in [5.41, 5.74) is 4.96. The molecule has 162 valence electrons. The summed E-state index contributed by atoms with van der Waals surface area (Å²) in [6, 6.07) is 26.6. The third kappa shape index (κ3) is 3.37. The molecule has 0 unspecified atom stereocenters. The molecule has 1 heterocycles. The van der Waals surface area contributed by atoms with Crippen molar-refractivity contribution < 1.29 is 13.2 Å². The molecule has 1 aliphatic carbocycles. The highest BCUT2D eigenvalue weighted by Gasteiger charge is 2.44. The third-order valence-electron chi connectivity index (χ3n) is 6.64. The summed E-state index contributed by atoms with van der Waals surface area (Å²) in [5, 5.41) is 0. The molecule has 32 heavy (non-hydrogen) atoms. The maximum atomic E-state index is 13.8. The predicted molar refractivity (Wildman–Crippen MR) is 125 cm³/mol. The molecule has 0 saturated carbocycles. The van der Waals surface area contributed by atoms with E-state index in [2.05, 4.69) is 6.07 Å². The number of nitrogens with zero attached hydrogens (tertiary/aromatic N) is 1. The van der Waals surface area contributed by atoms with Crippen molar-refractivity contribution in [2.24, 2.45) is 5.92 Å². The van der Waals surface area contributed by atoms with E-state index in [1.807, 2.05) is 48.5 Å². The molecule has 0 N–H and O–H groups in total. The second-order valence-corrected chi connectivity index (χ2v) is 10.3. The van der Waals surface area contributed by atoms with Gasteiger partial charge in [0.2, 0.25) is 0 Å². The summed E-state index contributed by atoms with van der Waals surface area (Å²) >= 11 is 0. The van der Waals surface area contributed by atoms with Crippen LogP contribution in [0.25, 0.3) is 5.70 Å². The molecule has 3 aromatic rings. The number of aryl methyl sites for hydroxylation is 1. The molecular weight excluding hydrogens is 418 g/mol. The SMILES string of the molecule is CC(=O)[C@H]1CN(S(=O)(=O)c2ccccc2)C2=C(CCc3ccccc32)[C@@H]1c1ccccc1. The van der Waals surface area contributed by atoms with Crippen molar-refractivity contribution in [1.82, 2.24) is 4.31 Å². The molecule has 5 rings (SSSR count). The van der Waals surface area contributed by atoms with Gasteiger partial charge in [0.25, 0.3) is 10.0 Å². The van der Waals surface area contributed by atoms with E-state index in [9.17, 15) is 13.2 Å². The van der Waals surface area contributed by atoms with E-state index in [4.69, 9.17) is 0 Å². The van der Waals surface area contributed by atoms with Crippen molar-refractivity contribution >= 4 is 21.5 Å². The van der Waals surface area contributed by atoms with Gasteiger partial charge in [-0.1, -0.05) is 72.8 Å². The van der Waals surface area contributed by atoms with E-state index in [-0.39, 0.29) is 23.1 Å². The molecule has 2 aliphatic rings. The molecule has 0 aromatic heterocycles. The average Bonchev–Trinajstić information content (AvgIpc) is 2.83. The topological polar surface area (TPSA) is 54.5 Å². The molecule has 1 aliphatic heterocycles. The smallest absolute Gasteiger partial charge is 0.264 e. The number of fused-ring (bicyclic) bond motifs is 2. The molecule has 0 amide bonds. The largest absolute Gasteiger partial charge is 0.300 e. The van der Waals surface area contributed by atoms with Crippen LogP contribution in [0.5, 0.6) is 0 Å². The third-order valence-corrected chi connectivity index (χ3v) is 8.42. The number of hydrogen-bond acceptors (Lipinski definition) is 3. The first-order valence-corrected chi connectivity index (χ1v) is 12.4. The van der Waals surface area contributed by atoms with Gasteiger partial charge in [-0.2, -0.15) is 0 Å². The number of carbonyl (C=O) groups is 1. The molecular formula is C27H25NO3S. The predicted octanol–water partition coefficient (Wildman–Crippen LogP) is 5.04. The molecule has 0 bridgehead atoms. The Morgan fingerprint density at radius 1 is 0.844 bits per heavy atom. The van der Waals surface area contributed by atoms with E-state index in [1.165, 1.54) is 4.31 Å². The van der Waals surface area contributed by atoms with Crippen LogP contribution in [-0.2, 0) is 21.2 Å². The highest BCUT2D eigenvalue weighted by atomic mass is 32.2. The van der Waals surface area contributed by atoms with Gasteiger partial charge in [0.05, 0.1) is 10.6 Å². The number of hydrogen-bond donors (Lipinski definition) is 0. The van der Waals surface area contributed by atoms with Gasteiger partial charge in [0, 0.05) is 23.9 Å². The van der Waals surface area contributed by atoms with Crippen molar-refractivity contribution in [2.75, 3.05) is 6.54 Å². The monoisotopic (exact) mass is 443 g/mol. The zero-order valence-corrected chi connectivity index (χ0v) is 18.8. The summed E-state index contributed by atoms with van der Waals surface area (Å²) in [6.45, 7) is 1.72. The fraction of sp³-hybridized carbons (Fsp3) is 0.222. The highest BCUT2D eigenvalue weighted by Crippen LogP contribution is 2.49. The number of allylic oxidation sites excluding steroid dienone is 1. The van der Waals surface area contributed by atoms with Gasteiger partial charge < -0.3 is 0 Å². The van der Waals surface area contributed by atoms with E-state index < -0.39 is 15.9 Å². The van der Waals surface area contributed by atoms with Crippen molar-refractivity contribution in [2.45, 2.75) is 30.6 Å². The molecule has 0 saturated heterocycles. The lowest BCUT2D eigenvalue weighted by molar-refractivity contribution is -0.121. The van der Waals surface area contributed by atoms with Crippen molar-refractivity contribution in [3.63, 3.8) is 0 Å². The summed E-state index contributed by atoms with van der Waals surface area (Å²) < 4.78 is 29.2. The molecule has 3 aromatic carbocycles. The van der Waals surface area contributed by atoms with Crippen LogP contribution in [0, 0.1) is 5.92 Å². The molecule has 4 nitrogen and oxygen atoms in total. The summed E-state index contributed by atoms with van der Waals surface area (Å²) in [7, 11) is -3.82. The van der Waals surface area contributed by atoms with Crippen molar-refractivity contribution in [3.05, 3.63) is 107 Å². The summed E-state index contributed by atoms with van der Waals surface area (Å²) in [4.78, 5) is 13.1. The van der Waals surface area contributed by atoms with E-state index in [0.29, 0.717) is 0 Å². The Balaban J connectivity index is 1.78. The Morgan fingerprint density at radius 3 is 2.16 bits per heavy atom. The number of Topliss-reactive ketones (excluding diaryl/α,β-unsaturated/α-hetero) is 1. The second kappa shape index (κ2) is 8.06. The van der Waals surface area contributed by atoms with E-state index in [1.54, 1.807) is 37.3 Å². The first-order valence-electron chi connectivity index (χ1n) is 10.9. The molecule has 0 fully saturated rings. The van der Waals surface area contributed by atoms with Gasteiger partial charge in [-0.3, -0.25) is 9.10 Å². The van der Waals surface area contributed by atoms with Gasteiger partial charge >= 0.3 is 0 Å². The number of benzene rings is 3. The van der Waals surface area contributed by atoms with Crippen LogP contribution in [0.15, 0.2) is 95.4 Å². The number of ketones is 1. The van der Waals surface area contributed by atoms with Crippen LogP contribution in [-0.4, -0.2) is 25.1 Å². The lowest BCUT2D eigenvalue weighted by Crippen LogP contribution is -2.44. The van der Waals surface area contributed by atoms with E-state index in [0.717, 1.165) is 40.8 Å². The second-order valence-electron chi connectivity index (χ2n) is 8.49. The lowest BCUT2D eigenvalue weighted by atomic mass is 9.71. The minimum atomic E-state index is -3.82. The standard InChI is InChI=1S/C27H25NO3S/c1-19(29)25-18-28(32(30,31)22-13-6-3-7-14-22)27-23-15-9-8-10-20(23)16-17-24(27)26(25)21-11-4-2-5-12-21/h2-15,25-26H,16-18H2,1H3/t25-,26+/m1/s1. The molecule has 2 atom stereocenters. The molecule has 5 heteroatoms. The van der Waals surface area contributed by atoms with Crippen molar-refractivity contribution in [1.29, 1.82) is 0 Å². The highest BCUT2D eigenvalue weighted by molar-refractivity contribution is 7.89. The number of rotatable bonds is 4. The fourth-order valence-electron chi connectivity index (χ4n) is 5.14. The van der Waals surface area contributed by atoms with Gasteiger partial charge in [0.1, 0.15) is 5.78 Å². The number of sulfonamides is 1. The van der Waals surface area contributed by atoms with Crippen LogP contribution in [0.3, 0.4) is 0 Å². The Kier molecular flexibility index (Phi) is 5.22. The Labute approximate surface area is 189 Å². The Morgan fingerprint density at radius 2 is 1.47 bits per heavy atom. The van der Waals surface area contributed by atoms with Crippen LogP contribution < -0.4 is 0 Å². The van der Waals surface area contributed by atoms with Crippen molar-refractivity contribution in [3.8, 4) is 0 Å². The normalized spacial score (nSPS) is 20.5. The minimum absolute atomic E-state index is 0.0116. The van der Waals surface area contributed by atoms with Crippen LogP contribution >= 0.6 is 0 Å². The van der Waals surface area contributed by atoms with Gasteiger partial charge in [-0.15, -0.1) is 0 Å². The summed E-state index contributed by atoms with van der Waals surface area (Å²) in [6.07, 6.45) is 1.57. The Bertz CT molecular complexity index is 1300. The van der Waals surface area contributed by atoms with Gasteiger partial charge in [-0.05, 0) is 48.6 Å². The summed E-state index contributed by atoms with van der Waals surface area (Å²) in [5.74, 6) is -0.545. The zero-order chi connectivity index (χ0) is 22.3. The number of carbonyl (C=O) groups excluding carboxylic acids is 1. The quantitative estimate of drug-likeness (QED) is 0.568. The van der Waals surface area contributed by atoms with Gasteiger partial charge in [0.15, 0.2) is 0 Å². The average molecular weight is 444 g/mol. The first-order chi connectivity index (χ1) is 15.5. The van der Waals surface area contributed by atoms with Crippen LogP contribution in [0.1, 0.15) is 36.0 Å². The zero-order valence-electron chi connectivity index (χ0n) is 17.9. The Hall–Kier alpha value is -3.18. The lowest BCUT2D eigenvalue weighted by Gasteiger charge is -2.44. The minimum Gasteiger partial charge on any atom is -0.300 e. The fourth-order valence-corrected chi connectivity index (χ4v) is 6.71. The van der Waals surface area contributed by atoms with Crippen LogP contribution in [0.2, 0.25) is 0 Å². The molecule has 0 spiro atoms. The van der Waals surface area contributed by atoms with Crippen LogP contribution in [0.4, 0.5) is 0 Å².